The molecule has 0 N–H and O–H groups in total. The van der Waals surface area contributed by atoms with Crippen LogP contribution in [0.1, 0.15) is 13.3 Å². The van der Waals surface area contributed by atoms with E-state index in [1.165, 1.54) is 17.4 Å². The molecule has 0 aliphatic heterocycles. The van der Waals surface area contributed by atoms with E-state index in [0.29, 0.717) is 16.7 Å². The minimum atomic E-state index is -0.290. The number of para-hydroxylation sites is 1. The van der Waals surface area contributed by atoms with Gasteiger partial charge in [0, 0.05) is 13.5 Å². The third kappa shape index (κ3) is 1.78. The average Bonchev–Trinajstić information content (AvgIpc) is 2.57. The molecule has 2 aromatic rings. The highest BCUT2D eigenvalue weighted by atomic mass is 32.1. The van der Waals surface area contributed by atoms with Crippen molar-refractivity contribution in [3.63, 3.8) is 0 Å². The third-order valence-electron chi connectivity index (χ3n) is 2.30. The Balaban J connectivity index is 2.75. The van der Waals surface area contributed by atoms with E-state index in [1.807, 2.05) is 6.07 Å². The highest BCUT2D eigenvalue weighted by Gasteiger charge is 2.07. The van der Waals surface area contributed by atoms with Gasteiger partial charge in [0.2, 0.25) is 5.91 Å². The highest BCUT2D eigenvalue weighted by molar-refractivity contribution is 7.16. The Morgan fingerprint density at radius 2 is 2.31 bits per heavy atom. The predicted octanol–water partition coefficient (Wildman–Crippen LogP) is 2.22. The lowest BCUT2D eigenvalue weighted by Crippen LogP contribution is -2.13. The lowest BCUT2D eigenvalue weighted by molar-refractivity contribution is -0.117. The first kappa shape index (κ1) is 11.0. The molecule has 0 aliphatic rings. The number of halogens is 1. The summed E-state index contributed by atoms with van der Waals surface area (Å²) < 4.78 is 15.9. The molecule has 84 valence electrons. The fourth-order valence-electron chi connectivity index (χ4n) is 1.45. The van der Waals surface area contributed by atoms with E-state index in [4.69, 9.17) is 0 Å². The van der Waals surface area contributed by atoms with Crippen molar-refractivity contribution < 1.29 is 9.18 Å². The molecular formula is C11H11FN2OS. The minimum Gasteiger partial charge on any atom is -0.317 e. The van der Waals surface area contributed by atoms with Crippen molar-refractivity contribution in [2.45, 2.75) is 13.3 Å². The topological polar surface area (TPSA) is 34.4 Å². The molecule has 1 amide bonds. The molecule has 0 radical (unpaired) electrons. The van der Waals surface area contributed by atoms with Gasteiger partial charge in [-0.3, -0.25) is 4.79 Å². The molecule has 0 spiro atoms. The summed E-state index contributed by atoms with van der Waals surface area (Å²) in [5.74, 6) is -0.482. The molecule has 0 bridgehead atoms. The number of benzene rings is 1. The summed E-state index contributed by atoms with van der Waals surface area (Å²) in [4.78, 5) is 15.7. The Bertz CT molecular complexity index is 612. The summed E-state index contributed by atoms with van der Waals surface area (Å²) in [6.45, 7) is 1.75. The fraction of sp³-hybridized carbons (Fsp3) is 0.273. The van der Waals surface area contributed by atoms with Crippen LogP contribution in [-0.4, -0.2) is 10.5 Å². The molecule has 0 saturated heterocycles. The number of aromatic nitrogens is 1. The second kappa shape index (κ2) is 4.17. The molecular weight excluding hydrogens is 227 g/mol. The number of carbonyl (C=O) groups is 1. The maximum atomic E-state index is 13.5. The van der Waals surface area contributed by atoms with Crippen LogP contribution in [0.15, 0.2) is 23.2 Å². The molecule has 1 aromatic carbocycles. The Morgan fingerprint density at radius 3 is 2.94 bits per heavy atom. The zero-order valence-corrected chi connectivity index (χ0v) is 9.84. The molecule has 2 rings (SSSR count). The maximum absolute atomic E-state index is 13.5. The molecule has 1 aromatic heterocycles. The number of hydrogen-bond acceptors (Lipinski definition) is 2. The third-order valence-corrected chi connectivity index (χ3v) is 3.39. The van der Waals surface area contributed by atoms with Gasteiger partial charge in [-0.1, -0.05) is 24.3 Å². The van der Waals surface area contributed by atoms with Crippen LogP contribution in [0, 0.1) is 5.82 Å². The van der Waals surface area contributed by atoms with Gasteiger partial charge in [0.15, 0.2) is 4.80 Å². The van der Waals surface area contributed by atoms with Crippen molar-refractivity contribution in [2.75, 3.05) is 0 Å². The predicted molar refractivity (Wildman–Crippen MR) is 61.6 cm³/mol. The average molecular weight is 238 g/mol. The van der Waals surface area contributed by atoms with Crippen LogP contribution in [-0.2, 0) is 11.8 Å². The molecule has 0 aliphatic carbocycles. The summed E-state index contributed by atoms with van der Waals surface area (Å²) in [6.07, 6.45) is 0.358. The molecule has 3 nitrogen and oxygen atoms in total. The van der Waals surface area contributed by atoms with E-state index >= 15 is 0 Å². The van der Waals surface area contributed by atoms with Gasteiger partial charge < -0.3 is 4.57 Å². The molecule has 0 atom stereocenters. The van der Waals surface area contributed by atoms with Crippen molar-refractivity contribution in [1.82, 2.24) is 4.57 Å². The monoisotopic (exact) mass is 238 g/mol. The van der Waals surface area contributed by atoms with Crippen molar-refractivity contribution in [2.24, 2.45) is 12.0 Å². The van der Waals surface area contributed by atoms with Gasteiger partial charge in [-0.25, -0.2) is 4.39 Å². The Kier molecular flexibility index (Phi) is 2.87. The Morgan fingerprint density at radius 1 is 1.56 bits per heavy atom. The van der Waals surface area contributed by atoms with Gasteiger partial charge in [-0.2, -0.15) is 4.99 Å². The molecule has 5 heteroatoms. The quantitative estimate of drug-likeness (QED) is 0.750. The van der Waals surface area contributed by atoms with E-state index in [0.717, 1.165) is 4.70 Å². The SMILES string of the molecule is CCC(=O)N=c1sc2cccc(F)c2n1C. The summed E-state index contributed by atoms with van der Waals surface area (Å²) in [6, 6.07) is 4.87. The number of nitrogens with zero attached hydrogens (tertiary/aromatic N) is 2. The first-order chi connectivity index (χ1) is 7.63. The Hall–Kier alpha value is -1.49. The number of thiazole rings is 1. The second-order valence-electron chi connectivity index (χ2n) is 3.39. The largest absolute Gasteiger partial charge is 0.317 e. The fourth-order valence-corrected chi connectivity index (χ4v) is 2.50. The number of amides is 1. The lowest BCUT2D eigenvalue weighted by Gasteiger charge is -1.95. The van der Waals surface area contributed by atoms with Gasteiger partial charge in [-0.05, 0) is 12.1 Å². The smallest absolute Gasteiger partial charge is 0.248 e. The number of fused-ring (bicyclic) bond motifs is 1. The van der Waals surface area contributed by atoms with E-state index in [9.17, 15) is 9.18 Å². The summed E-state index contributed by atoms with van der Waals surface area (Å²) in [5, 5.41) is 0. The number of hydrogen-bond donors (Lipinski definition) is 0. The molecule has 16 heavy (non-hydrogen) atoms. The molecule has 0 unspecified atom stereocenters. The standard InChI is InChI=1S/C11H11FN2OS/c1-3-9(15)13-11-14(2)10-7(12)5-4-6-8(10)16-11/h4-6H,3H2,1-2H3. The van der Waals surface area contributed by atoms with E-state index in [2.05, 4.69) is 4.99 Å². The first-order valence-corrected chi connectivity index (χ1v) is 5.76. The Labute approximate surface area is 95.9 Å². The van der Waals surface area contributed by atoms with E-state index in [1.54, 1.807) is 24.6 Å². The van der Waals surface area contributed by atoms with E-state index in [-0.39, 0.29) is 11.7 Å². The molecule has 0 fully saturated rings. The number of rotatable bonds is 1. The van der Waals surface area contributed by atoms with E-state index < -0.39 is 0 Å². The summed E-state index contributed by atoms with van der Waals surface area (Å²) >= 11 is 1.32. The maximum Gasteiger partial charge on any atom is 0.248 e. The number of carbonyl (C=O) groups excluding carboxylic acids is 1. The number of aryl methyl sites for hydroxylation is 1. The van der Waals surface area contributed by atoms with Crippen LogP contribution in [0.3, 0.4) is 0 Å². The van der Waals surface area contributed by atoms with Gasteiger partial charge in [0.25, 0.3) is 0 Å². The van der Waals surface area contributed by atoms with Crippen LogP contribution < -0.4 is 4.80 Å². The van der Waals surface area contributed by atoms with Crippen LogP contribution in [0.25, 0.3) is 10.2 Å². The van der Waals surface area contributed by atoms with Crippen LogP contribution in [0.5, 0.6) is 0 Å². The van der Waals surface area contributed by atoms with Crippen LogP contribution >= 0.6 is 11.3 Å². The highest BCUT2D eigenvalue weighted by Crippen LogP contribution is 2.19. The second-order valence-corrected chi connectivity index (χ2v) is 4.40. The van der Waals surface area contributed by atoms with Crippen molar-refractivity contribution >= 4 is 27.5 Å². The van der Waals surface area contributed by atoms with Gasteiger partial charge in [0.05, 0.1) is 10.2 Å². The van der Waals surface area contributed by atoms with Gasteiger partial charge >= 0.3 is 0 Å². The van der Waals surface area contributed by atoms with Gasteiger partial charge in [-0.15, -0.1) is 0 Å². The van der Waals surface area contributed by atoms with Crippen molar-refractivity contribution in [1.29, 1.82) is 0 Å². The van der Waals surface area contributed by atoms with Crippen LogP contribution in [0.4, 0.5) is 4.39 Å². The van der Waals surface area contributed by atoms with Gasteiger partial charge in [0.1, 0.15) is 5.82 Å². The van der Waals surface area contributed by atoms with Crippen molar-refractivity contribution in [3.8, 4) is 0 Å². The van der Waals surface area contributed by atoms with Crippen molar-refractivity contribution in [3.05, 3.63) is 28.8 Å². The molecule has 1 heterocycles. The first-order valence-electron chi connectivity index (χ1n) is 4.95. The zero-order valence-electron chi connectivity index (χ0n) is 9.03. The lowest BCUT2D eigenvalue weighted by atomic mass is 10.3. The minimum absolute atomic E-state index is 0.192. The zero-order chi connectivity index (χ0) is 11.7. The normalized spacial score (nSPS) is 12.3. The summed E-state index contributed by atoms with van der Waals surface area (Å²) in [5.41, 5.74) is 0.496. The summed E-state index contributed by atoms with van der Waals surface area (Å²) in [7, 11) is 1.71. The molecule has 0 saturated carbocycles. The van der Waals surface area contributed by atoms with Crippen LogP contribution in [0.2, 0.25) is 0 Å².